The number of piperidine rings is 1. The van der Waals surface area contributed by atoms with Gasteiger partial charge in [0.05, 0.1) is 32.0 Å². The first-order valence-corrected chi connectivity index (χ1v) is 36.5. The fourth-order valence-electron chi connectivity index (χ4n) is 15.5. The van der Waals surface area contributed by atoms with E-state index in [2.05, 4.69) is 16.0 Å². The highest BCUT2D eigenvalue weighted by molar-refractivity contribution is 6.21. The lowest BCUT2D eigenvalue weighted by atomic mass is 9.78. The van der Waals surface area contributed by atoms with Crippen molar-refractivity contribution in [3.8, 4) is 0 Å². The van der Waals surface area contributed by atoms with Crippen molar-refractivity contribution in [3.63, 3.8) is 0 Å². The summed E-state index contributed by atoms with van der Waals surface area (Å²) in [5.74, 6) is -11.7. The van der Waals surface area contributed by atoms with Gasteiger partial charge in [-0.15, -0.1) is 11.6 Å². The Kier molecular flexibility index (Phi) is 29.7. The monoisotopic (exact) mass is 1420 g/mol. The largest absolute Gasteiger partial charge is 0.393 e. The van der Waals surface area contributed by atoms with Crippen LogP contribution in [0.15, 0.2) is 0 Å². The Bertz CT molecular complexity index is 2870. The first-order valence-electron chi connectivity index (χ1n) is 36.1. The quantitative estimate of drug-likeness (QED) is 0.171. The van der Waals surface area contributed by atoms with Gasteiger partial charge in [0.2, 0.25) is 70.9 Å². The number of likely N-dealkylation sites (N-methyl/N-ethyl adjacent to an activating group) is 7. The number of nitrogens with zero attached hydrogens (tertiary/aromatic N) is 9. The predicted molar refractivity (Wildman–Crippen MR) is 363 cm³/mol. The molecule has 6 aliphatic rings. The summed E-state index contributed by atoms with van der Waals surface area (Å²) in [5.41, 5.74) is -1.58. The highest BCUT2D eigenvalue weighted by atomic mass is 35.5. The first-order chi connectivity index (χ1) is 46.4. The molecule has 3 aliphatic heterocycles. The molecule has 12 amide bonds. The van der Waals surface area contributed by atoms with Gasteiger partial charge in [-0.1, -0.05) is 60.8 Å². The van der Waals surface area contributed by atoms with Crippen molar-refractivity contribution in [2.75, 3.05) is 88.6 Å². The summed E-state index contributed by atoms with van der Waals surface area (Å²) < 4.78 is 56.5. The minimum atomic E-state index is -4.52. The van der Waals surface area contributed by atoms with Crippen LogP contribution in [0.5, 0.6) is 0 Å². The molecule has 6 fully saturated rings. The molecule has 3 N–H and O–H groups in total. The maximum absolute atomic E-state index is 15.4. The van der Waals surface area contributed by atoms with E-state index in [1.165, 1.54) is 73.8 Å². The van der Waals surface area contributed by atoms with Gasteiger partial charge in [-0.25, -0.2) is 4.39 Å². The van der Waals surface area contributed by atoms with E-state index in [4.69, 9.17) is 11.6 Å². The summed E-state index contributed by atoms with van der Waals surface area (Å²) in [4.78, 5) is 189. The van der Waals surface area contributed by atoms with Gasteiger partial charge in [-0.3, -0.25) is 57.5 Å². The fourth-order valence-corrected chi connectivity index (χ4v) is 16.0. The van der Waals surface area contributed by atoms with Gasteiger partial charge in [0.15, 0.2) is 0 Å². The minimum absolute atomic E-state index is 0.0226. The van der Waals surface area contributed by atoms with Gasteiger partial charge in [0.25, 0.3) is 0 Å². The van der Waals surface area contributed by atoms with Gasteiger partial charge in [-0.05, 0) is 145 Å². The van der Waals surface area contributed by atoms with Crippen LogP contribution in [0, 0.1) is 35.5 Å². The normalized spacial score (nSPS) is 30.5. The van der Waals surface area contributed by atoms with Gasteiger partial charge in [-0.2, -0.15) is 13.2 Å². The molecular formula is C70H113ClF4N12O12. The highest BCUT2D eigenvalue weighted by Gasteiger charge is 2.52. The van der Waals surface area contributed by atoms with Gasteiger partial charge >= 0.3 is 6.18 Å². The molecule has 6 rings (SSSR count). The number of amides is 12. The van der Waals surface area contributed by atoms with Crippen LogP contribution in [0.4, 0.5) is 17.6 Å². The zero-order valence-corrected chi connectivity index (χ0v) is 61.5. The minimum Gasteiger partial charge on any atom is -0.343 e. The summed E-state index contributed by atoms with van der Waals surface area (Å²) in [5, 5.41) is 7.45. The molecule has 99 heavy (non-hydrogen) atoms. The standard InChI is InChI=1S/C70H113ClF4N12O12/c1-14-44(6)59-66(97)81(9)40-57(90)79(7)41-58(91)83(11)53(37-46-22-26-47(72)27-23-46)64(95)80(8)39-55(88)76-50(29-25-45-24-28-48(49(71)36-45)70(73,74)75)63(94)87-34-20-21-51(87)62(93)78-69(30-16-17-31-69)68(99)85(13)60(43(4)5)67(98)84(12)54(65(96)86-32-18-15-19-33-86)38-56(89)82(10)52(35-42(2)3)61(92)77-59/h42-54,59-60H,14-41H2,1-13H3,(H,76,88)(H,77,92)(H,78,93)/t44-,45?,46?,47?,48?,49?,50-,51-,52-,53-,54-,59-,60-/m0/s1. The van der Waals surface area contributed by atoms with E-state index in [-0.39, 0.29) is 101 Å². The lowest BCUT2D eigenvalue weighted by Crippen LogP contribution is -2.65. The molecule has 3 heterocycles. The van der Waals surface area contributed by atoms with Crippen LogP contribution >= 0.6 is 11.6 Å². The maximum atomic E-state index is 15.4. The Hall–Kier alpha value is -6.35. The number of carbonyl (C=O) groups excluding carboxylic acids is 12. The Morgan fingerprint density at radius 2 is 1.20 bits per heavy atom. The molecule has 0 aromatic rings. The summed E-state index contributed by atoms with van der Waals surface area (Å²) in [6.07, 6.45) is -0.410. The van der Waals surface area contributed by atoms with E-state index >= 15 is 19.2 Å². The maximum Gasteiger partial charge on any atom is 0.393 e. The van der Waals surface area contributed by atoms with E-state index < -0.39 is 180 Å². The molecule has 3 saturated heterocycles. The second-order valence-corrected chi connectivity index (χ2v) is 30.8. The number of rotatable bonds is 11. The van der Waals surface area contributed by atoms with Crippen LogP contribution in [-0.2, 0) is 57.5 Å². The van der Waals surface area contributed by atoms with E-state index in [1.807, 2.05) is 20.8 Å². The Labute approximate surface area is 587 Å². The topological polar surface area (TPSA) is 270 Å². The van der Waals surface area contributed by atoms with E-state index in [0.29, 0.717) is 64.5 Å². The van der Waals surface area contributed by atoms with Gasteiger partial charge in [0, 0.05) is 74.3 Å². The summed E-state index contributed by atoms with van der Waals surface area (Å²) in [6.45, 7) is 9.70. The second-order valence-electron chi connectivity index (χ2n) is 30.2. The number of fused-ring (bicyclic) bond motifs is 1. The summed E-state index contributed by atoms with van der Waals surface area (Å²) >= 11 is 6.38. The van der Waals surface area contributed by atoms with Crippen molar-refractivity contribution in [1.82, 2.24) is 60.0 Å². The molecule has 3 saturated carbocycles. The van der Waals surface area contributed by atoms with Crippen LogP contribution in [-0.4, -0.2) is 269 Å². The molecule has 560 valence electrons. The third-order valence-electron chi connectivity index (χ3n) is 22.0. The number of likely N-dealkylation sites (tertiary alicyclic amines) is 1. The number of nitrogens with one attached hydrogen (secondary N) is 3. The summed E-state index contributed by atoms with van der Waals surface area (Å²) in [6, 6.07) is -8.90. The van der Waals surface area contributed by atoms with Crippen molar-refractivity contribution in [3.05, 3.63) is 0 Å². The average molecular weight is 1430 g/mol. The van der Waals surface area contributed by atoms with Crippen LogP contribution in [0.25, 0.3) is 0 Å². The molecule has 0 bridgehead atoms. The molecule has 29 heteroatoms. The Balaban J connectivity index is 1.41. The van der Waals surface area contributed by atoms with E-state index in [9.17, 15) is 55.9 Å². The zero-order valence-electron chi connectivity index (χ0n) is 60.8. The summed E-state index contributed by atoms with van der Waals surface area (Å²) in [7, 11) is 9.70. The zero-order chi connectivity index (χ0) is 73.7. The van der Waals surface area contributed by atoms with Crippen LogP contribution in [0.3, 0.4) is 0 Å². The third kappa shape index (κ3) is 20.9. The van der Waals surface area contributed by atoms with E-state index in [0.717, 1.165) is 21.1 Å². The molecule has 0 aromatic heterocycles. The van der Waals surface area contributed by atoms with Crippen molar-refractivity contribution < 1.29 is 75.1 Å². The molecule has 0 radical (unpaired) electrons. The van der Waals surface area contributed by atoms with Crippen LogP contribution < -0.4 is 16.0 Å². The predicted octanol–water partition coefficient (Wildman–Crippen LogP) is 5.51. The molecular weight excluding hydrogens is 1310 g/mol. The molecule has 3 aliphatic carbocycles. The fraction of sp³-hybridized carbons (Fsp3) is 0.829. The van der Waals surface area contributed by atoms with Crippen LogP contribution in [0.1, 0.15) is 183 Å². The SMILES string of the molecule is CC[C@H](C)[C@@H]1NC(=O)[C@H](CC(C)C)N(C)C(=O)C[C@@H](C(=O)N2CCCCC2)N(C)C(=O)[C@H](C(C)C)N(C)C(=O)C2(CCCC2)NC(=O)[C@@H]2CCCN2C(=O)[C@H](CCC2CCC(C(F)(F)F)C(Cl)C2)NC(=O)CN(C)C(=O)[C@H](CC2CCC(F)CC2)N(C)C(=O)CN(C)C(=O)CN(C)C1=O. The molecule has 0 aromatic carbocycles. The van der Waals surface area contributed by atoms with Gasteiger partial charge < -0.3 is 60.0 Å². The number of carbonyl (C=O) groups is 12. The third-order valence-corrected chi connectivity index (χ3v) is 22.5. The second kappa shape index (κ2) is 36.0. The Morgan fingerprint density at radius 3 is 1.79 bits per heavy atom. The number of alkyl halides is 5. The lowest BCUT2D eigenvalue weighted by molar-refractivity contribution is -0.182. The number of hydrogen-bond donors (Lipinski definition) is 3. The number of halogens is 5. The van der Waals surface area contributed by atoms with Gasteiger partial charge in [0.1, 0.15) is 54.0 Å². The average Bonchev–Trinajstić information content (AvgIpc) is 1.77. The van der Waals surface area contributed by atoms with Crippen molar-refractivity contribution in [2.45, 2.75) is 248 Å². The molecule has 11 atom stereocenters. The van der Waals surface area contributed by atoms with E-state index in [1.54, 1.807) is 25.7 Å². The molecule has 3 unspecified atom stereocenters. The lowest BCUT2D eigenvalue weighted by Gasteiger charge is -2.42. The molecule has 1 spiro atoms. The first kappa shape index (κ1) is 81.6. The van der Waals surface area contributed by atoms with Crippen molar-refractivity contribution in [1.29, 1.82) is 0 Å². The number of hydrogen-bond acceptors (Lipinski definition) is 12. The molecule has 24 nitrogen and oxygen atoms in total. The van der Waals surface area contributed by atoms with Crippen LogP contribution in [0.2, 0.25) is 0 Å². The van der Waals surface area contributed by atoms with Crippen molar-refractivity contribution >= 4 is 82.5 Å². The Morgan fingerprint density at radius 1 is 0.606 bits per heavy atom. The highest BCUT2D eigenvalue weighted by Crippen LogP contribution is 2.44. The van der Waals surface area contributed by atoms with Crippen molar-refractivity contribution in [2.24, 2.45) is 35.5 Å². The smallest absolute Gasteiger partial charge is 0.343 e.